The lowest BCUT2D eigenvalue weighted by Crippen LogP contribution is -2.20. The fraction of sp³-hybridized carbons (Fsp3) is 0.280. The van der Waals surface area contributed by atoms with Gasteiger partial charge in [-0.1, -0.05) is 24.3 Å². The number of ether oxygens (including phenoxy) is 2. The molecule has 32 heavy (non-hydrogen) atoms. The summed E-state index contributed by atoms with van der Waals surface area (Å²) in [6.07, 6.45) is 2.99. The number of carbonyl (C=O) groups excluding carboxylic acids is 4. The maximum absolute atomic E-state index is 12.1. The van der Waals surface area contributed by atoms with Gasteiger partial charge in [0.1, 0.15) is 0 Å². The van der Waals surface area contributed by atoms with Gasteiger partial charge in [-0.05, 0) is 60.7 Å². The highest BCUT2D eigenvalue weighted by atomic mass is 16.6. The van der Waals surface area contributed by atoms with Gasteiger partial charge >= 0.3 is 11.9 Å². The fourth-order valence-corrected chi connectivity index (χ4v) is 2.86. The van der Waals surface area contributed by atoms with E-state index >= 15 is 0 Å². The molecule has 0 atom stereocenters. The minimum Gasteiger partial charge on any atom is -0.423 e. The number of ketones is 1. The van der Waals surface area contributed by atoms with Crippen molar-refractivity contribution in [1.29, 1.82) is 0 Å². The van der Waals surface area contributed by atoms with Crippen LogP contribution in [0.15, 0.2) is 48.6 Å². The number of allylic oxidation sites excluding steroid dienone is 1. The summed E-state index contributed by atoms with van der Waals surface area (Å²) in [6.45, 7) is 6.90. The molecule has 0 heterocycles. The van der Waals surface area contributed by atoms with Gasteiger partial charge in [-0.15, -0.1) is 0 Å². The Kier molecular flexibility index (Phi) is 8.89. The van der Waals surface area contributed by atoms with Crippen molar-refractivity contribution in [3.05, 3.63) is 70.8 Å². The molecule has 0 aliphatic rings. The Morgan fingerprint density at radius 2 is 1.47 bits per heavy atom. The number of hydrogen-bond donors (Lipinski definition) is 1. The molecule has 0 aliphatic carbocycles. The summed E-state index contributed by atoms with van der Waals surface area (Å²) in [7, 11) is 0. The Labute approximate surface area is 187 Å². The third kappa shape index (κ3) is 8.18. The van der Waals surface area contributed by atoms with E-state index in [4.69, 9.17) is 9.47 Å². The summed E-state index contributed by atoms with van der Waals surface area (Å²) in [6, 6.07) is 10.7. The van der Waals surface area contributed by atoms with Gasteiger partial charge in [-0.3, -0.25) is 19.2 Å². The van der Waals surface area contributed by atoms with Crippen LogP contribution in [0.25, 0.3) is 0 Å². The number of rotatable bonds is 9. The normalized spacial score (nSPS) is 10.6. The summed E-state index contributed by atoms with van der Waals surface area (Å²) in [5, 5.41) is 2.75. The van der Waals surface area contributed by atoms with Crippen molar-refractivity contribution in [2.45, 2.75) is 47.1 Å². The zero-order valence-electron chi connectivity index (χ0n) is 18.7. The molecule has 0 aliphatic heterocycles. The Hall–Kier alpha value is -3.74. The lowest BCUT2D eigenvalue weighted by atomic mass is 10.1. The smallest absolute Gasteiger partial charge is 0.308 e. The Bertz CT molecular complexity index is 1050. The molecule has 2 rings (SSSR count). The zero-order chi connectivity index (χ0) is 23.7. The molecule has 1 amide bonds. The predicted molar refractivity (Wildman–Crippen MR) is 119 cm³/mol. The molecule has 2 aromatic rings. The van der Waals surface area contributed by atoms with Gasteiger partial charge < -0.3 is 14.8 Å². The lowest BCUT2D eigenvalue weighted by molar-refractivity contribution is -0.134. The van der Waals surface area contributed by atoms with Crippen LogP contribution in [0.5, 0.6) is 11.5 Å². The van der Waals surface area contributed by atoms with E-state index in [9.17, 15) is 19.2 Å². The number of aryl methyl sites for hydroxylation is 3. The second-order valence-electron chi connectivity index (χ2n) is 7.40. The van der Waals surface area contributed by atoms with Gasteiger partial charge in [0, 0.05) is 32.9 Å². The van der Waals surface area contributed by atoms with Gasteiger partial charge in [0.2, 0.25) is 5.91 Å². The molecular weight excluding hydrogens is 410 g/mol. The average Bonchev–Trinajstić information content (AvgIpc) is 2.72. The first-order valence-corrected chi connectivity index (χ1v) is 10.2. The van der Waals surface area contributed by atoms with Crippen molar-refractivity contribution >= 4 is 23.6 Å². The molecule has 7 nitrogen and oxygen atoms in total. The van der Waals surface area contributed by atoms with Crippen LogP contribution in [0, 0.1) is 13.8 Å². The SMILES string of the molecule is CC(=O)Oc1ccc(CCC(=O)/C=C/C(=O)NCc2ccc(C)c(C)c2)cc1OC(C)=O. The topological polar surface area (TPSA) is 98.8 Å². The van der Waals surface area contributed by atoms with E-state index in [0.29, 0.717) is 13.0 Å². The van der Waals surface area contributed by atoms with Gasteiger partial charge in [0.15, 0.2) is 17.3 Å². The quantitative estimate of drug-likeness (QED) is 0.366. The second kappa shape index (κ2) is 11.6. The van der Waals surface area contributed by atoms with Crippen LogP contribution in [0.4, 0.5) is 0 Å². The Morgan fingerprint density at radius 3 is 2.12 bits per heavy atom. The standard InChI is InChI=1S/C25H27NO6/c1-16-5-6-21(13-17(16)2)15-26-25(30)12-10-22(29)9-7-20-8-11-23(31-18(3)27)24(14-20)32-19(4)28/h5-6,8,10-14H,7,9,15H2,1-4H3,(H,26,30)/b12-10+. The number of hydrogen-bond acceptors (Lipinski definition) is 6. The maximum atomic E-state index is 12.1. The largest absolute Gasteiger partial charge is 0.423 e. The van der Waals surface area contributed by atoms with Crippen LogP contribution >= 0.6 is 0 Å². The van der Waals surface area contributed by atoms with Crippen molar-refractivity contribution < 1.29 is 28.7 Å². The molecule has 1 N–H and O–H groups in total. The summed E-state index contributed by atoms with van der Waals surface area (Å²) in [4.78, 5) is 46.6. The van der Waals surface area contributed by atoms with Crippen LogP contribution in [-0.2, 0) is 32.1 Å². The minimum atomic E-state index is -0.554. The maximum Gasteiger partial charge on any atom is 0.308 e. The molecule has 7 heteroatoms. The van der Waals surface area contributed by atoms with Crippen molar-refractivity contribution in [3.8, 4) is 11.5 Å². The van der Waals surface area contributed by atoms with Crippen LogP contribution < -0.4 is 14.8 Å². The van der Waals surface area contributed by atoms with Crippen molar-refractivity contribution in [2.24, 2.45) is 0 Å². The molecule has 0 aromatic heterocycles. The predicted octanol–water partition coefficient (Wildman–Crippen LogP) is 3.53. The van der Waals surface area contributed by atoms with Crippen molar-refractivity contribution in [3.63, 3.8) is 0 Å². The van der Waals surface area contributed by atoms with E-state index in [0.717, 1.165) is 16.7 Å². The van der Waals surface area contributed by atoms with E-state index in [1.54, 1.807) is 12.1 Å². The van der Waals surface area contributed by atoms with Gasteiger partial charge in [-0.25, -0.2) is 0 Å². The van der Waals surface area contributed by atoms with E-state index in [2.05, 4.69) is 5.32 Å². The number of amides is 1. The Balaban J connectivity index is 1.88. The molecule has 0 spiro atoms. The highest BCUT2D eigenvalue weighted by Gasteiger charge is 2.12. The summed E-state index contributed by atoms with van der Waals surface area (Å²) in [5.41, 5.74) is 4.05. The lowest BCUT2D eigenvalue weighted by Gasteiger charge is -2.10. The first kappa shape index (κ1) is 24.5. The average molecular weight is 437 g/mol. The highest BCUT2D eigenvalue weighted by Crippen LogP contribution is 2.29. The molecule has 168 valence electrons. The molecule has 0 fully saturated rings. The highest BCUT2D eigenvalue weighted by molar-refractivity contribution is 5.97. The summed E-state index contributed by atoms with van der Waals surface area (Å²) >= 11 is 0. The molecule has 0 radical (unpaired) electrons. The summed E-state index contributed by atoms with van der Waals surface area (Å²) < 4.78 is 10.1. The van der Waals surface area contributed by atoms with E-state index in [-0.39, 0.29) is 29.6 Å². The van der Waals surface area contributed by atoms with Crippen molar-refractivity contribution in [1.82, 2.24) is 5.32 Å². The molecule has 0 unspecified atom stereocenters. The van der Waals surface area contributed by atoms with E-state index in [1.807, 2.05) is 32.0 Å². The van der Waals surface area contributed by atoms with Crippen LogP contribution in [0.1, 0.15) is 42.5 Å². The third-order valence-electron chi connectivity index (χ3n) is 4.63. The number of nitrogens with one attached hydrogen (secondary N) is 1. The van der Waals surface area contributed by atoms with Crippen LogP contribution in [0.2, 0.25) is 0 Å². The Morgan fingerprint density at radius 1 is 0.812 bits per heavy atom. The van der Waals surface area contributed by atoms with Crippen LogP contribution in [0.3, 0.4) is 0 Å². The molecule has 0 saturated carbocycles. The molecule has 0 saturated heterocycles. The fourth-order valence-electron chi connectivity index (χ4n) is 2.86. The van der Waals surface area contributed by atoms with E-state index in [1.165, 1.54) is 37.6 Å². The van der Waals surface area contributed by atoms with Gasteiger partial charge in [0.25, 0.3) is 0 Å². The van der Waals surface area contributed by atoms with Crippen LogP contribution in [-0.4, -0.2) is 23.6 Å². The number of carbonyl (C=O) groups is 4. The van der Waals surface area contributed by atoms with Gasteiger partial charge in [0.05, 0.1) is 0 Å². The minimum absolute atomic E-state index is 0.110. The molecule has 0 bridgehead atoms. The van der Waals surface area contributed by atoms with Gasteiger partial charge in [-0.2, -0.15) is 0 Å². The van der Waals surface area contributed by atoms with Crippen molar-refractivity contribution in [2.75, 3.05) is 0 Å². The number of esters is 2. The third-order valence-corrected chi connectivity index (χ3v) is 4.63. The molecular formula is C25H27NO6. The zero-order valence-corrected chi connectivity index (χ0v) is 18.7. The second-order valence-corrected chi connectivity index (χ2v) is 7.40. The monoisotopic (exact) mass is 437 g/mol. The van der Waals surface area contributed by atoms with E-state index < -0.39 is 11.9 Å². The number of benzene rings is 2. The molecule has 2 aromatic carbocycles. The first-order valence-electron chi connectivity index (χ1n) is 10.2. The first-order chi connectivity index (χ1) is 15.1. The summed E-state index contributed by atoms with van der Waals surface area (Å²) in [5.74, 6) is -1.42.